The summed E-state index contributed by atoms with van der Waals surface area (Å²) in [5, 5.41) is 0.487. The fourth-order valence-corrected chi connectivity index (χ4v) is 1.26. The molecule has 0 rings (SSSR count). The number of rotatable bonds is 6. The monoisotopic (exact) mass is 248 g/mol. The molecular weight excluding hydrogens is 236 g/mol. The number of halogens is 1. The molecule has 0 aliphatic carbocycles. The van der Waals surface area contributed by atoms with E-state index >= 15 is 0 Å². The van der Waals surface area contributed by atoms with Gasteiger partial charge < -0.3 is 9.53 Å². The third kappa shape index (κ3) is 5.58. The summed E-state index contributed by atoms with van der Waals surface area (Å²) in [4.78, 5) is 21.0. The lowest BCUT2D eigenvalue weighted by molar-refractivity contribution is -0.136. The van der Waals surface area contributed by atoms with Crippen molar-refractivity contribution in [2.45, 2.75) is 19.3 Å². The van der Waals surface area contributed by atoms with Crippen LogP contribution in [0.2, 0.25) is 0 Å². The second-order valence-corrected chi connectivity index (χ2v) is 3.01. The van der Waals surface area contributed by atoms with E-state index in [1.807, 2.05) is 0 Å². The van der Waals surface area contributed by atoms with Crippen molar-refractivity contribution in [3.05, 3.63) is 11.6 Å². The Balaban J connectivity index is 3.91. The molecular formula is C9H13BrO3. The Labute approximate surface area is 86.3 Å². The second-order valence-electron chi connectivity index (χ2n) is 2.45. The van der Waals surface area contributed by atoms with Gasteiger partial charge in [-0.25, -0.2) is 4.79 Å². The molecule has 0 amide bonds. The zero-order valence-electron chi connectivity index (χ0n) is 7.59. The van der Waals surface area contributed by atoms with Crippen LogP contribution in [0.3, 0.4) is 0 Å². The molecule has 74 valence electrons. The molecule has 0 aromatic heterocycles. The Kier molecular flexibility index (Phi) is 7.59. The lowest BCUT2D eigenvalue weighted by Crippen LogP contribution is -2.05. The molecule has 0 aliphatic heterocycles. The minimum absolute atomic E-state index is 0.317. The first-order valence-corrected chi connectivity index (χ1v) is 5.15. The summed E-state index contributed by atoms with van der Waals surface area (Å²) >= 11 is 3.19. The van der Waals surface area contributed by atoms with Crippen LogP contribution in [-0.2, 0) is 14.3 Å². The molecule has 0 saturated carbocycles. The topological polar surface area (TPSA) is 43.4 Å². The number of ether oxygens (including phenoxy) is 1. The van der Waals surface area contributed by atoms with E-state index in [2.05, 4.69) is 20.7 Å². The van der Waals surface area contributed by atoms with Crippen LogP contribution in [0.25, 0.3) is 0 Å². The first-order valence-electron chi connectivity index (χ1n) is 4.03. The van der Waals surface area contributed by atoms with Crippen molar-refractivity contribution in [3.63, 3.8) is 0 Å². The van der Waals surface area contributed by atoms with Gasteiger partial charge in [-0.05, 0) is 12.8 Å². The lowest BCUT2D eigenvalue weighted by Gasteiger charge is -2.00. The van der Waals surface area contributed by atoms with Crippen LogP contribution in [0, 0.1) is 0 Å². The summed E-state index contributed by atoms with van der Waals surface area (Å²) in [7, 11) is 1.35. The molecule has 0 spiro atoms. The Bertz CT molecular complexity index is 199. The largest absolute Gasteiger partial charge is 0.466 e. The maximum Gasteiger partial charge on any atom is 0.334 e. The van der Waals surface area contributed by atoms with E-state index in [1.165, 1.54) is 7.11 Å². The van der Waals surface area contributed by atoms with Crippen LogP contribution in [-0.4, -0.2) is 24.7 Å². The van der Waals surface area contributed by atoms with Crippen LogP contribution in [0.5, 0.6) is 0 Å². The standard InChI is InChI=1S/C9H13BrO3/c1-13-9(12)8(7-10)5-3-2-4-6-11/h5-6H,2-4,7H2,1H3/b8-5+. The van der Waals surface area contributed by atoms with Gasteiger partial charge in [-0.15, -0.1) is 0 Å². The van der Waals surface area contributed by atoms with E-state index in [1.54, 1.807) is 6.08 Å². The van der Waals surface area contributed by atoms with Crippen molar-refractivity contribution in [1.82, 2.24) is 0 Å². The molecule has 0 heterocycles. The molecule has 0 unspecified atom stereocenters. The molecule has 0 aromatic rings. The molecule has 0 aliphatic rings. The fraction of sp³-hybridized carbons (Fsp3) is 0.556. The zero-order valence-corrected chi connectivity index (χ0v) is 9.17. The van der Waals surface area contributed by atoms with Gasteiger partial charge in [-0.3, -0.25) is 0 Å². The summed E-state index contributed by atoms with van der Waals surface area (Å²) in [5.41, 5.74) is 0.605. The molecule has 0 bridgehead atoms. The molecule has 0 atom stereocenters. The van der Waals surface area contributed by atoms with Gasteiger partial charge in [0.1, 0.15) is 6.29 Å². The molecule has 0 saturated heterocycles. The normalized spacial score (nSPS) is 11.1. The first-order chi connectivity index (χ1) is 6.26. The smallest absolute Gasteiger partial charge is 0.334 e. The SMILES string of the molecule is COC(=O)/C(=C/CCCC=O)CBr. The van der Waals surface area contributed by atoms with Gasteiger partial charge in [0, 0.05) is 17.3 Å². The van der Waals surface area contributed by atoms with Gasteiger partial charge in [0.05, 0.1) is 7.11 Å². The van der Waals surface area contributed by atoms with Crippen molar-refractivity contribution in [2.24, 2.45) is 0 Å². The molecule has 0 aromatic carbocycles. The number of hydrogen-bond acceptors (Lipinski definition) is 3. The highest BCUT2D eigenvalue weighted by Gasteiger charge is 2.06. The van der Waals surface area contributed by atoms with E-state index in [9.17, 15) is 9.59 Å². The summed E-state index contributed by atoms with van der Waals surface area (Å²) in [5.74, 6) is -0.317. The Morgan fingerprint density at radius 2 is 2.15 bits per heavy atom. The second kappa shape index (κ2) is 7.98. The number of unbranched alkanes of at least 4 members (excludes halogenated alkanes) is 2. The van der Waals surface area contributed by atoms with Crippen molar-refractivity contribution >= 4 is 28.2 Å². The van der Waals surface area contributed by atoms with Crippen molar-refractivity contribution < 1.29 is 14.3 Å². The third-order valence-corrected chi connectivity index (χ3v) is 2.11. The maximum absolute atomic E-state index is 11.0. The minimum atomic E-state index is -0.317. The fourth-order valence-electron chi connectivity index (χ4n) is 0.801. The molecule has 0 N–H and O–H groups in total. The van der Waals surface area contributed by atoms with Gasteiger partial charge in [-0.1, -0.05) is 22.0 Å². The first kappa shape index (κ1) is 12.4. The highest BCUT2D eigenvalue weighted by atomic mass is 79.9. The van der Waals surface area contributed by atoms with E-state index < -0.39 is 0 Å². The number of esters is 1. The highest BCUT2D eigenvalue weighted by Crippen LogP contribution is 2.05. The van der Waals surface area contributed by atoms with Gasteiger partial charge in [-0.2, -0.15) is 0 Å². The van der Waals surface area contributed by atoms with Crippen LogP contribution >= 0.6 is 15.9 Å². The summed E-state index contributed by atoms with van der Waals surface area (Å²) in [6, 6.07) is 0. The molecule has 4 heteroatoms. The number of carbonyl (C=O) groups is 2. The number of alkyl halides is 1. The Morgan fingerprint density at radius 3 is 2.62 bits per heavy atom. The van der Waals surface area contributed by atoms with Gasteiger partial charge in [0.25, 0.3) is 0 Å². The predicted octanol–water partition coefficient (Wildman–Crippen LogP) is 1.85. The van der Waals surface area contributed by atoms with Crippen LogP contribution in [0.15, 0.2) is 11.6 Å². The van der Waals surface area contributed by atoms with E-state index in [4.69, 9.17) is 0 Å². The van der Waals surface area contributed by atoms with Gasteiger partial charge in [0.15, 0.2) is 0 Å². The predicted molar refractivity (Wildman–Crippen MR) is 53.8 cm³/mol. The Morgan fingerprint density at radius 1 is 1.46 bits per heavy atom. The van der Waals surface area contributed by atoms with Gasteiger partial charge in [0.2, 0.25) is 0 Å². The average Bonchev–Trinajstić information content (AvgIpc) is 2.17. The number of methoxy groups -OCH3 is 1. The maximum atomic E-state index is 11.0. The molecule has 0 fully saturated rings. The number of allylic oxidation sites excluding steroid dienone is 1. The molecule has 13 heavy (non-hydrogen) atoms. The number of aldehydes is 1. The summed E-state index contributed by atoms with van der Waals surface area (Å²) in [6.07, 6.45) is 4.71. The highest BCUT2D eigenvalue weighted by molar-refractivity contribution is 9.09. The third-order valence-electron chi connectivity index (χ3n) is 1.51. The zero-order chi connectivity index (χ0) is 10.1. The van der Waals surface area contributed by atoms with E-state index in [-0.39, 0.29) is 5.97 Å². The van der Waals surface area contributed by atoms with E-state index in [0.29, 0.717) is 17.3 Å². The number of hydrogen-bond donors (Lipinski definition) is 0. The minimum Gasteiger partial charge on any atom is -0.466 e. The molecule has 3 nitrogen and oxygen atoms in total. The van der Waals surface area contributed by atoms with E-state index in [0.717, 1.165) is 19.1 Å². The van der Waals surface area contributed by atoms with Crippen LogP contribution in [0.4, 0.5) is 0 Å². The molecule has 0 radical (unpaired) electrons. The summed E-state index contributed by atoms with van der Waals surface area (Å²) < 4.78 is 4.55. The van der Waals surface area contributed by atoms with Crippen molar-refractivity contribution in [1.29, 1.82) is 0 Å². The average molecular weight is 249 g/mol. The quantitative estimate of drug-likeness (QED) is 0.237. The van der Waals surface area contributed by atoms with Crippen molar-refractivity contribution in [2.75, 3.05) is 12.4 Å². The Hall–Kier alpha value is -0.640. The van der Waals surface area contributed by atoms with Gasteiger partial charge >= 0.3 is 5.97 Å². The van der Waals surface area contributed by atoms with Crippen molar-refractivity contribution in [3.8, 4) is 0 Å². The van der Waals surface area contributed by atoms with Crippen LogP contribution in [0.1, 0.15) is 19.3 Å². The lowest BCUT2D eigenvalue weighted by atomic mass is 10.2. The summed E-state index contributed by atoms with van der Waals surface area (Å²) in [6.45, 7) is 0. The number of carbonyl (C=O) groups excluding carboxylic acids is 2. The van der Waals surface area contributed by atoms with Crippen LogP contribution < -0.4 is 0 Å².